The van der Waals surface area contributed by atoms with Crippen LogP contribution in [-0.2, 0) is 4.79 Å². The quantitative estimate of drug-likeness (QED) is 0.392. The van der Waals surface area contributed by atoms with E-state index in [-0.39, 0.29) is 18.1 Å². The number of nitrogens with zero attached hydrogens (tertiary/aromatic N) is 3. The van der Waals surface area contributed by atoms with Gasteiger partial charge in [-0.25, -0.2) is 4.99 Å². The Morgan fingerprint density at radius 3 is 2.62 bits per heavy atom. The molecule has 1 saturated heterocycles. The van der Waals surface area contributed by atoms with Crippen LogP contribution in [0.25, 0.3) is 11.4 Å². The highest BCUT2D eigenvalue weighted by Gasteiger charge is 2.25. The summed E-state index contributed by atoms with van der Waals surface area (Å²) in [6, 6.07) is 15.4. The summed E-state index contributed by atoms with van der Waals surface area (Å²) in [5.41, 5.74) is 10.5. The maximum absolute atomic E-state index is 11.7. The van der Waals surface area contributed by atoms with Gasteiger partial charge in [-0.3, -0.25) is 4.79 Å². The number of rotatable bonds is 7. The Morgan fingerprint density at radius 2 is 2.00 bits per heavy atom. The molecule has 2 heterocycles. The van der Waals surface area contributed by atoms with E-state index in [1.165, 1.54) is 6.34 Å². The van der Waals surface area contributed by atoms with Crippen LogP contribution in [-0.4, -0.2) is 61.2 Å². The summed E-state index contributed by atoms with van der Waals surface area (Å²) in [6.07, 6.45) is 4.45. The largest absolute Gasteiger partial charge is 0.497 e. The van der Waals surface area contributed by atoms with Gasteiger partial charge in [0.1, 0.15) is 30.3 Å². The average Bonchev–Trinajstić information content (AvgIpc) is 3.33. The van der Waals surface area contributed by atoms with Gasteiger partial charge in [0.25, 0.3) is 0 Å². The summed E-state index contributed by atoms with van der Waals surface area (Å²) < 4.78 is 11.4. The van der Waals surface area contributed by atoms with Gasteiger partial charge in [-0.1, -0.05) is 0 Å². The van der Waals surface area contributed by atoms with Crippen LogP contribution in [0.2, 0.25) is 0 Å². The Balaban J connectivity index is 1.59. The molecule has 1 unspecified atom stereocenters. The molecule has 4 N–H and O–H groups in total. The van der Waals surface area contributed by atoms with E-state index in [9.17, 15) is 10.1 Å². The Labute approximate surface area is 216 Å². The highest BCUT2D eigenvalue weighted by molar-refractivity contribution is 5.83. The van der Waals surface area contributed by atoms with E-state index in [2.05, 4.69) is 16.4 Å². The van der Waals surface area contributed by atoms with Crippen molar-refractivity contribution in [3.05, 3.63) is 70.8 Å². The number of ether oxygens (including phenoxy) is 2. The molecule has 9 nitrogen and oxygen atoms in total. The molecule has 0 bridgehead atoms. The smallest absolute Gasteiger partial charge is 0.248 e. The number of piperidine rings is 1. The highest BCUT2D eigenvalue weighted by Crippen LogP contribution is 2.33. The first kappa shape index (κ1) is 25.8. The molecular formula is C28H31N5O4. The summed E-state index contributed by atoms with van der Waals surface area (Å²) in [5, 5.41) is 22.4. The Morgan fingerprint density at radius 1 is 1.27 bits per heavy atom. The first-order valence-corrected chi connectivity index (χ1v) is 12.2. The predicted octanol–water partition coefficient (Wildman–Crippen LogP) is 2.66. The van der Waals surface area contributed by atoms with Gasteiger partial charge in [0.05, 0.1) is 30.8 Å². The number of carbonyl (C=O) groups is 1. The number of nitrogens with one attached hydrogen (secondary N) is 1. The SMILES string of the molecule is COc1ccc(C2=C/C(=C(/N=CN)c3ccc(OC4CCN(C(=O)CO)CC4)c(C#N)c3)C(C)N2)cc1. The molecule has 1 fully saturated rings. The number of aliphatic hydroxyl groups excluding tert-OH is 1. The Bertz CT molecular complexity index is 1270. The van der Waals surface area contributed by atoms with E-state index >= 15 is 0 Å². The predicted molar refractivity (Wildman–Crippen MR) is 142 cm³/mol. The number of aliphatic imine (C=N–C) groups is 1. The number of aliphatic hydroxyl groups is 1. The molecule has 0 aromatic heterocycles. The number of hydrogen-bond acceptors (Lipinski definition) is 7. The zero-order valence-electron chi connectivity index (χ0n) is 21.0. The number of carbonyl (C=O) groups excluding carboxylic acids is 1. The lowest BCUT2D eigenvalue weighted by Crippen LogP contribution is -2.43. The van der Waals surface area contributed by atoms with Gasteiger partial charge in [-0.2, -0.15) is 5.26 Å². The molecule has 2 aromatic rings. The second-order valence-corrected chi connectivity index (χ2v) is 8.91. The molecule has 2 aromatic carbocycles. The molecule has 1 amide bonds. The topological polar surface area (TPSA) is 133 Å². The van der Waals surface area contributed by atoms with E-state index in [0.717, 1.165) is 28.1 Å². The monoisotopic (exact) mass is 501 g/mol. The normalized spacial score (nSPS) is 19.2. The van der Waals surface area contributed by atoms with Gasteiger partial charge in [0.2, 0.25) is 5.91 Å². The molecule has 192 valence electrons. The number of methoxy groups -OCH3 is 1. The lowest BCUT2D eigenvalue weighted by Gasteiger charge is -2.32. The second kappa shape index (κ2) is 11.6. The lowest BCUT2D eigenvalue weighted by atomic mass is 10.0. The molecule has 2 aliphatic rings. The van der Waals surface area contributed by atoms with Gasteiger partial charge in [0.15, 0.2) is 0 Å². The van der Waals surface area contributed by atoms with Crippen LogP contribution in [0.5, 0.6) is 11.5 Å². The molecule has 0 aliphatic carbocycles. The van der Waals surface area contributed by atoms with Crippen LogP contribution in [0, 0.1) is 11.3 Å². The van der Waals surface area contributed by atoms with Crippen LogP contribution in [0.3, 0.4) is 0 Å². The van der Waals surface area contributed by atoms with Crippen LogP contribution in [0.15, 0.2) is 59.1 Å². The summed E-state index contributed by atoms with van der Waals surface area (Å²) in [4.78, 5) is 17.8. The number of likely N-dealkylation sites (tertiary alicyclic amines) is 1. The molecule has 0 radical (unpaired) electrons. The molecule has 0 spiro atoms. The minimum Gasteiger partial charge on any atom is -0.497 e. The minimum absolute atomic E-state index is 0.0240. The molecule has 9 heteroatoms. The minimum atomic E-state index is -0.487. The second-order valence-electron chi connectivity index (χ2n) is 8.91. The fraction of sp³-hybridized carbons (Fsp3) is 0.321. The van der Waals surface area contributed by atoms with Crippen LogP contribution < -0.4 is 20.5 Å². The number of amides is 1. The molecule has 2 aliphatic heterocycles. The first-order valence-electron chi connectivity index (χ1n) is 12.2. The highest BCUT2D eigenvalue weighted by atomic mass is 16.5. The molecule has 4 rings (SSSR count). The van der Waals surface area contributed by atoms with Crippen molar-refractivity contribution in [3.63, 3.8) is 0 Å². The van der Waals surface area contributed by atoms with E-state index < -0.39 is 6.61 Å². The number of hydrogen-bond donors (Lipinski definition) is 3. The molecular weight excluding hydrogens is 470 g/mol. The third-order valence-corrected chi connectivity index (χ3v) is 6.61. The van der Waals surface area contributed by atoms with Crippen molar-refractivity contribution in [2.45, 2.75) is 31.9 Å². The zero-order chi connectivity index (χ0) is 26.4. The van der Waals surface area contributed by atoms with Crippen molar-refractivity contribution >= 4 is 23.6 Å². The summed E-state index contributed by atoms with van der Waals surface area (Å²) in [5.74, 6) is 1.00. The lowest BCUT2D eigenvalue weighted by molar-refractivity contribution is -0.135. The van der Waals surface area contributed by atoms with Crippen molar-refractivity contribution < 1.29 is 19.4 Å². The number of nitriles is 1. The van der Waals surface area contributed by atoms with Crippen molar-refractivity contribution in [2.24, 2.45) is 10.7 Å². The zero-order valence-corrected chi connectivity index (χ0v) is 21.0. The molecule has 1 atom stereocenters. The summed E-state index contributed by atoms with van der Waals surface area (Å²) in [7, 11) is 1.64. The van der Waals surface area contributed by atoms with Crippen molar-refractivity contribution in [3.8, 4) is 17.6 Å². The van der Waals surface area contributed by atoms with E-state index in [0.29, 0.717) is 42.9 Å². The fourth-order valence-electron chi connectivity index (χ4n) is 4.60. The van der Waals surface area contributed by atoms with Crippen LogP contribution in [0.4, 0.5) is 0 Å². The van der Waals surface area contributed by atoms with Crippen LogP contribution in [0.1, 0.15) is 36.5 Å². The van der Waals surface area contributed by atoms with Crippen LogP contribution >= 0.6 is 0 Å². The van der Waals surface area contributed by atoms with E-state index in [1.807, 2.05) is 43.3 Å². The standard InChI is InChI=1S/C28H31N5O4/c1-18-24(14-25(32-18)19-3-6-22(36-2)7-4-19)28(31-17-30)20-5-8-26(21(13-20)15-29)37-23-9-11-33(12-10-23)27(35)16-34/h3-8,13-14,17-18,23,32,34H,9-12,16H2,1-2H3,(H2,30,31)/b28-24-. The van der Waals surface area contributed by atoms with Gasteiger partial charge in [-0.15, -0.1) is 0 Å². The number of nitrogens with two attached hydrogens (primary N) is 1. The molecule has 37 heavy (non-hydrogen) atoms. The van der Waals surface area contributed by atoms with Crippen molar-refractivity contribution in [2.75, 3.05) is 26.8 Å². The third kappa shape index (κ3) is 5.76. The van der Waals surface area contributed by atoms with Gasteiger partial charge < -0.3 is 30.5 Å². The fourth-order valence-corrected chi connectivity index (χ4v) is 4.60. The third-order valence-electron chi connectivity index (χ3n) is 6.61. The van der Waals surface area contributed by atoms with Crippen molar-refractivity contribution in [1.29, 1.82) is 5.26 Å². The van der Waals surface area contributed by atoms with E-state index in [4.69, 9.17) is 20.3 Å². The first-order chi connectivity index (χ1) is 18.0. The van der Waals surface area contributed by atoms with Gasteiger partial charge >= 0.3 is 0 Å². The maximum Gasteiger partial charge on any atom is 0.248 e. The van der Waals surface area contributed by atoms with E-state index in [1.54, 1.807) is 24.1 Å². The maximum atomic E-state index is 11.7. The van der Waals surface area contributed by atoms with Gasteiger partial charge in [0, 0.05) is 42.8 Å². The number of benzene rings is 2. The Hall–Kier alpha value is -4.29. The van der Waals surface area contributed by atoms with Crippen molar-refractivity contribution in [1.82, 2.24) is 10.2 Å². The molecule has 0 saturated carbocycles. The average molecular weight is 502 g/mol. The van der Waals surface area contributed by atoms with Gasteiger partial charge in [-0.05, 0) is 61.0 Å². The summed E-state index contributed by atoms with van der Waals surface area (Å²) >= 11 is 0. The Kier molecular flexibility index (Phi) is 8.11. The summed E-state index contributed by atoms with van der Waals surface area (Å²) in [6.45, 7) is 2.59.